The summed E-state index contributed by atoms with van der Waals surface area (Å²) in [6, 6.07) is 6.12. The van der Waals surface area contributed by atoms with E-state index in [4.69, 9.17) is 17.0 Å². The summed E-state index contributed by atoms with van der Waals surface area (Å²) in [7, 11) is 0. The summed E-state index contributed by atoms with van der Waals surface area (Å²) in [5.41, 5.74) is 7.67. The van der Waals surface area contributed by atoms with Crippen molar-refractivity contribution in [2.75, 3.05) is 6.61 Å². The molecule has 25 heavy (non-hydrogen) atoms. The van der Waals surface area contributed by atoms with E-state index >= 15 is 0 Å². The van der Waals surface area contributed by atoms with E-state index in [-0.39, 0.29) is 12.5 Å². The van der Waals surface area contributed by atoms with E-state index in [1.54, 1.807) is 0 Å². The normalized spacial score (nSPS) is 22.8. The first-order valence-electron chi connectivity index (χ1n) is 8.92. The van der Waals surface area contributed by atoms with E-state index in [0.29, 0.717) is 28.7 Å². The van der Waals surface area contributed by atoms with Crippen LogP contribution in [0.1, 0.15) is 44.2 Å². The molecule has 6 heteroatoms. The van der Waals surface area contributed by atoms with Crippen LogP contribution in [0.3, 0.4) is 0 Å². The Morgan fingerprint density at radius 2 is 1.96 bits per heavy atom. The van der Waals surface area contributed by atoms with Crippen LogP contribution in [-0.4, -0.2) is 23.7 Å². The predicted octanol–water partition coefficient (Wildman–Crippen LogP) is 3.00. The largest absolute Gasteiger partial charge is 0.484 e. The third kappa shape index (κ3) is 5.88. The fraction of sp³-hybridized carbons (Fsp3) is 0.579. The summed E-state index contributed by atoms with van der Waals surface area (Å²) in [6.45, 7) is 8.52. The Balaban J connectivity index is 1.70. The quantitative estimate of drug-likeness (QED) is 0.567. The smallest absolute Gasteiger partial charge is 0.276 e. The monoisotopic (exact) mass is 363 g/mol. The molecule has 0 bridgehead atoms. The lowest BCUT2D eigenvalue weighted by atomic mass is 9.78. The number of nitrogens with one attached hydrogen (secondary N) is 3. The standard InChI is InChI=1S/C19H29N3O2S/c1-12-8-9-16(10-14(12)3)24-11-18(23)21-22-19(25)20-17-7-5-6-13(2)15(17)4/h8-10,13,15,17H,5-7,11H2,1-4H3,(H,21,23)(H2,20,22,25)/t13-,15+,17+/m1/s1. The van der Waals surface area contributed by atoms with Crippen LogP contribution in [-0.2, 0) is 4.79 Å². The molecule has 5 nitrogen and oxygen atoms in total. The summed E-state index contributed by atoms with van der Waals surface area (Å²) in [4.78, 5) is 11.9. The SMILES string of the molecule is Cc1ccc(OCC(=O)NNC(=S)N[C@H]2CCC[C@@H](C)[C@@H]2C)cc1C. The first kappa shape index (κ1) is 19.5. The Morgan fingerprint density at radius 1 is 1.20 bits per heavy atom. The summed E-state index contributed by atoms with van der Waals surface area (Å²) in [5.74, 6) is 1.67. The van der Waals surface area contributed by atoms with E-state index in [1.165, 1.54) is 18.4 Å². The van der Waals surface area contributed by atoms with Crippen molar-refractivity contribution in [3.63, 3.8) is 0 Å². The van der Waals surface area contributed by atoms with Gasteiger partial charge in [0, 0.05) is 6.04 Å². The van der Waals surface area contributed by atoms with E-state index in [1.807, 2.05) is 32.0 Å². The van der Waals surface area contributed by atoms with Gasteiger partial charge in [-0.05, 0) is 67.6 Å². The molecular formula is C19H29N3O2S. The molecule has 3 atom stereocenters. The van der Waals surface area contributed by atoms with Crippen molar-refractivity contribution in [2.45, 2.75) is 53.0 Å². The fourth-order valence-electron chi connectivity index (χ4n) is 3.11. The molecule has 0 heterocycles. The highest BCUT2D eigenvalue weighted by Crippen LogP contribution is 2.29. The molecule has 0 unspecified atom stereocenters. The van der Waals surface area contributed by atoms with E-state index < -0.39 is 0 Å². The molecular weight excluding hydrogens is 334 g/mol. The minimum Gasteiger partial charge on any atom is -0.484 e. The number of thiocarbonyl (C=S) groups is 1. The number of benzene rings is 1. The first-order chi connectivity index (χ1) is 11.9. The zero-order valence-electron chi connectivity index (χ0n) is 15.5. The lowest BCUT2D eigenvalue weighted by Crippen LogP contribution is -2.53. The molecule has 1 aliphatic carbocycles. The Hall–Kier alpha value is -1.82. The second kappa shape index (κ2) is 9.04. The highest BCUT2D eigenvalue weighted by molar-refractivity contribution is 7.80. The third-order valence-corrected chi connectivity index (χ3v) is 5.41. The maximum absolute atomic E-state index is 11.9. The Bertz CT molecular complexity index is 621. The zero-order chi connectivity index (χ0) is 18.4. The molecule has 1 saturated carbocycles. The minimum atomic E-state index is -0.271. The second-order valence-electron chi connectivity index (χ2n) is 7.06. The molecule has 0 radical (unpaired) electrons. The highest BCUT2D eigenvalue weighted by Gasteiger charge is 2.27. The van der Waals surface area contributed by atoms with E-state index in [0.717, 1.165) is 12.0 Å². The van der Waals surface area contributed by atoms with Crippen LogP contribution in [0.4, 0.5) is 0 Å². The van der Waals surface area contributed by atoms with E-state index in [2.05, 4.69) is 30.0 Å². The Morgan fingerprint density at radius 3 is 2.68 bits per heavy atom. The highest BCUT2D eigenvalue weighted by atomic mass is 32.1. The number of hydrogen-bond acceptors (Lipinski definition) is 3. The molecule has 1 fully saturated rings. The second-order valence-corrected chi connectivity index (χ2v) is 7.46. The number of aryl methyl sites for hydroxylation is 2. The summed E-state index contributed by atoms with van der Waals surface area (Å²) in [5, 5.41) is 3.76. The number of amides is 1. The molecule has 0 aliphatic heterocycles. The number of hydrogen-bond donors (Lipinski definition) is 3. The van der Waals surface area contributed by atoms with Gasteiger partial charge < -0.3 is 10.1 Å². The molecule has 138 valence electrons. The third-order valence-electron chi connectivity index (χ3n) is 5.19. The lowest BCUT2D eigenvalue weighted by molar-refractivity contribution is -0.123. The molecule has 3 N–H and O–H groups in total. The minimum absolute atomic E-state index is 0.0605. The van der Waals surface area contributed by atoms with Gasteiger partial charge in [-0.25, -0.2) is 0 Å². The summed E-state index contributed by atoms with van der Waals surface area (Å²) < 4.78 is 5.50. The van der Waals surface area contributed by atoms with Crippen molar-refractivity contribution < 1.29 is 9.53 Å². The maximum atomic E-state index is 11.9. The van der Waals surface area contributed by atoms with Gasteiger partial charge in [0.1, 0.15) is 5.75 Å². The van der Waals surface area contributed by atoms with Gasteiger partial charge in [-0.3, -0.25) is 15.6 Å². The van der Waals surface area contributed by atoms with Gasteiger partial charge in [0.05, 0.1) is 0 Å². The zero-order valence-corrected chi connectivity index (χ0v) is 16.3. The predicted molar refractivity (Wildman–Crippen MR) is 104 cm³/mol. The summed E-state index contributed by atoms with van der Waals surface area (Å²) >= 11 is 5.28. The van der Waals surface area contributed by atoms with Crippen molar-refractivity contribution in [2.24, 2.45) is 11.8 Å². The number of carbonyl (C=O) groups excluding carboxylic acids is 1. The molecule has 0 saturated heterocycles. The van der Waals surface area contributed by atoms with Gasteiger partial charge in [0.2, 0.25) is 0 Å². The van der Waals surface area contributed by atoms with Gasteiger partial charge in [-0.2, -0.15) is 0 Å². The average Bonchev–Trinajstić information content (AvgIpc) is 2.58. The number of carbonyl (C=O) groups is 1. The van der Waals surface area contributed by atoms with Crippen LogP contribution in [0.5, 0.6) is 5.75 Å². The Labute approximate surface area is 155 Å². The molecule has 1 amide bonds. The van der Waals surface area contributed by atoms with Gasteiger partial charge in [-0.15, -0.1) is 0 Å². The van der Waals surface area contributed by atoms with Crippen LogP contribution in [0, 0.1) is 25.7 Å². The molecule has 0 aromatic heterocycles. The fourth-order valence-corrected chi connectivity index (χ4v) is 3.31. The van der Waals surface area contributed by atoms with Gasteiger partial charge in [-0.1, -0.05) is 32.8 Å². The van der Waals surface area contributed by atoms with Crippen molar-refractivity contribution in [3.8, 4) is 5.75 Å². The van der Waals surface area contributed by atoms with Crippen LogP contribution in [0.25, 0.3) is 0 Å². The molecule has 1 aromatic carbocycles. The molecule has 1 aromatic rings. The molecule has 2 rings (SSSR count). The Kier molecular flexibility index (Phi) is 7.05. The molecule has 0 spiro atoms. The van der Waals surface area contributed by atoms with Crippen molar-refractivity contribution in [1.82, 2.24) is 16.2 Å². The van der Waals surface area contributed by atoms with Crippen molar-refractivity contribution in [1.29, 1.82) is 0 Å². The topological polar surface area (TPSA) is 62.4 Å². The number of rotatable bonds is 4. The van der Waals surface area contributed by atoms with Crippen molar-refractivity contribution >= 4 is 23.2 Å². The van der Waals surface area contributed by atoms with Gasteiger partial charge >= 0.3 is 0 Å². The van der Waals surface area contributed by atoms with Crippen LogP contribution < -0.4 is 20.9 Å². The van der Waals surface area contributed by atoms with Gasteiger partial charge in [0.15, 0.2) is 11.7 Å². The number of ether oxygens (including phenoxy) is 1. The van der Waals surface area contributed by atoms with Crippen LogP contribution >= 0.6 is 12.2 Å². The van der Waals surface area contributed by atoms with Crippen LogP contribution in [0.15, 0.2) is 18.2 Å². The van der Waals surface area contributed by atoms with Crippen molar-refractivity contribution in [3.05, 3.63) is 29.3 Å². The summed E-state index contributed by atoms with van der Waals surface area (Å²) in [6.07, 6.45) is 3.59. The first-order valence-corrected chi connectivity index (χ1v) is 9.33. The number of hydrazine groups is 1. The maximum Gasteiger partial charge on any atom is 0.276 e. The van der Waals surface area contributed by atoms with Gasteiger partial charge in [0.25, 0.3) is 5.91 Å². The van der Waals surface area contributed by atoms with E-state index in [9.17, 15) is 4.79 Å². The molecule has 1 aliphatic rings. The average molecular weight is 364 g/mol. The van der Waals surface area contributed by atoms with Crippen LogP contribution in [0.2, 0.25) is 0 Å². The lowest BCUT2D eigenvalue weighted by Gasteiger charge is -2.35.